The lowest BCUT2D eigenvalue weighted by Crippen LogP contribution is -2.35. The number of rotatable bonds is 3. The van der Waals surface area contributed by atoms with Crippen molar-refractivity contribution in [2.75, 3.05) is 0 Å². The molecule has 0 aromatic carbocycles. The third kappa shape index (κ3) is 2.20. The van der Waals surface area contributed by atoms with Crippen LogP contribution in [0.3, 0.4) is 0 Å². The molecular weight excluding hydrogens is 512 g/mol. The second kappa shape index (κ2) is 5.21. The Bertz CT molecular complexity index is 367. The molecule has 4 aliphatic rings. The van der Waals surface area contributed by atoms with E-state index in [-0.39, 0.29) is 6.47 Å². The zero-order valence-electron chi connectivity index (χ0n) is 11.6. The first-order chi connectivity index (χ1) is 9.40. The molecule has 0 nitrogen and oxygen atoms in total. The van der Waals surface area contributed by atoms with Crippen LogP contribution < -0.4 is 0 Å². The lowest BCUT2D eigenvalue weighted by molar-refractivity contribution is 0.248. The van der Waals surface area contributed by atoms with E-state index in [1.807, 2.05) is 0 Å². The summed E-state index contributed by atoms with van der Waals surface area (Å²) >= 11 is 16.2. The third-order valence-electron chi connectivity index (χ3n) is 6.95. The number of fused-ring (bicyclic) bond motifs is 4. The molecule has 6 unspecified atom stereocenters. The Morgan fingerprint density at radius 2 is 1.05 bits per heavy atom. The van der Waals surface area contributed by atoms with Gasteiger partial charge >= 0.3 is 0 Å². The molecule has 6 atom stereocenters. The zero-order valence-corrected chi connectivity index (χ0v) is 18.0. The number of hydrogen-bond acceptors (Lipinski definition) is 0. The van der Waals surface area contributed by atoms with Gasteiger partial charge in [-0.1, -0.05) is 63.7 Å². The fraction of sp³-hybridized carbons (Fsp3) is 1.00. The molecule has 0 saturated heterocycles. The first-order valence-electron chi connectivity index (χ1n) is 8.16. The summed E-state index contributed by atoms with van der Waals surface area (Å²) in [5.74, 6) is 5.37. The predicted octanol–water partition coefficient (Wildman–Crippen LogP) is 6.83. The van der Waals surface area contributed by atoms with Crippen LogP contribution in [0.1, 0.15) is 51.4 Å². The van der Waals surface area contributed by atoms with E-state index < -0.39 is 0 Å². The minimum absolute atomic E-state index is 0.252. The van der Waals surface area contributed by atoms with Crippen molar-refractivity contribution in [2.45, 2.75) is 57.8 Å². The van der Waals surface area contributed by atoms with Gasteiger partial charge < -0.3 is 0 Å². The zero-order chi connectivity index (χ0) is 14.1. The molecule has 0 radical (unpaired) electrons. The summed E-state index contributed by atoms with van der Waals surface area (Å²) in [7, 11) is 0. The Morgan fingerprint density at radius 3 is 1.35 bits per heavy atom. The van der Waals surface area contributed by atoms with Gasteiger partial charge in [0, 0.05) is 0 Å². The van der Waals surface area contributed by atoms with Crippen molar-refractivity contribution < 1.29 is 0 Å². The lowest BCUT2D eigenvalue weighted by Gasteiger charge is -2.39. The topological polar surface area (TPSA) is 0 Å². The maximum Gasteiger partial charge on any atom is 0.0864 e. The van der Waals surface area contributed by atoms with Gasteiger partial charge in [0.1, 0.15) is 0 Å². The Labute approximate surface area is 156 Å². The molecule has 4 bridgehead atoms. The van der Waals surface area contributed by atoms with Crippen molar-refractivity contribution >= 4 is 63.7 Å². The van der Waals surface area contributed by atoms with Crippen molar-refractivity contribution in [3.63, 3.8) is 0 Å². The van der Waals surface area contributed by atoms with E-state index in [9.17, 15) is 0 Å². The molecule has 0 aromatic heterocycles. The van der Waals surface area contributed by atoms with Gasteiger partial charge in [0.05, 0.1) is 6.47 Å². The van der Waals surface area contributed by atoms with Crippen LogP contribution >= 0.6 is 63.7 Å². The van der Waals surface area contributed by atoms with Crippen molar-refractivity contribution in [2.24, 2.45) is 35.5 Å². The van der Waals surface area contributed by atoms with E-state index >= 15 is 0 Å². The Morgan fingerprint density at radius 1 is 0.650 bits per heavy atom. The van der Waals surface area contributed by atoms with Crippen LogP contribution in [-0.2, 0) is 0 Å². The summed E-state index contributed by atoms with van der Waals surface area (Å²) in [4.78, 5) is 0. The maximum atomic E-state index is 4.04. The SMILES string of the molecule is BrC1(Br)C2CCC(C2)C1CCC1C2CCC(C2)C1(Br)Br. The fourth-order valence-corrected chi connectivity index (χ4v) is 9.99. The van der Waals surface area contributed by atoms with Gasteiger partial charge in [-0.3, -0.25) is 0 Å². The minimum Gasteiger partial charge on any atom is -0.0721 e. The average Bonchev–Trinajstić information content (AvgIpc) is 3.07. The highest BCUT2D eigenvalue weighted by atomic mass is 79.9. The molecule has 0 N–H and O–H groups in total. The van der Waals surface area contributed by atoms with Crippen LogP contribution in [0.4, 0.5) is 0 Å². The minimum atomic E-state index is 0.252. The van der Waals surface area contributed by atoms with Gasteiger partial charge in [0.15, 0.2) is 0 Å². The van der Waals surface area contributed by atoms with Crippen LogP contribution in [0.5, 0.6) is 0 Å². The molecule has 0 aromatic rings. The molecule has 0 amide bonds. The fourth-order valence-electron chi connectivity index (χ4n) is 5.91. The molecule has 0 spiro atoms. The van der Waals surface area contributed by atoms with Crippen LogP contribution in [-0.4, -0.2) is 6.47 Å². The number of halogens is 4. The summed E-state index contributed by atoms with van der Waals surface area (Å²) in [6.07, 6.45) is 11.5. The second-order valence-corrected chi connectivity index (χ2v) is 15.1. The monoisotopic (exact) mass is 530 g/mol. The van der Waals surface area contributed by atoms with Crippen LogP contribution in [0, 0.1) is 35.5 Å². The second-order valence-electron chi connectivity index (χ2n) is 7.68. The van der Waals surface area contributed by atoms with E-state index in [4.69, 9.17) is 0 Å². The highest BCUT2D eigenvalue weighted by Crippen LogP contribution is 2.66. The van der Waals surface area contributed by atoms with Crippen molar-refractivity contribution in [3.05, 3.63) is 0 Å². The lowest BCUT2D eigenvalue weighted by atomic mass is 9.79. The van der Waals surface area contributed by atoms with Gasteiger partial charge in [-0.05, 0) is 86.9 Å². The van der Waals surface area contributed by atoms with E-state index in [2.05, 4.69) is 63.7 Å². The summed E-state index contributed by atoms with van der Waals surface area (Å²) in [6.45, 7) is 0. The van der Waals surface area contributed by atoms with E-state index in [0.717, 1.165) is 35.5 Å². The number of alkyl halides is 4. The van der Waals surface area contributed by atoms with Gasteiger partial charge in [-0.25, -0.2) is 0 Å². The third-order valence-corrected chi connectivity index (χ3v) is 11.9. The Hall–Kier alpha value is 1.92. The molecule has 0 aliphatic heterocycles. The summed E-state index contributed by atoms with van der Waals surface area (Å²) in [5, 5.41) is 0. The maximum absolute atomic E-state index is 4.04. The molecule has 114 valence electrons. The predicted molar refractivity (Wildman–Crippen MR) is 99.0 cm³/mol. The standard InChI is InChI=1S/C16H22Br4/c17-15(18)11-3-1-9(7-11)13(15)5-6-14-10-2-4-12(8-10)16(14,19)20/h9-14H,1-8H2. The summed E-state index contributed by atoms with van der Waals surface area (Å²) in [6, 6.07) is 0. The first kappa shape index (κ1) is 15.4. The van der Waals surface area contributed by atoms with Gasteiger partial charge in [0.25, 0.3) is 0 Å². The smallest absolute Gasteiger partial charge is 0.0721 e. The Balaban J connectivity index is 1.44. The van der Waals surface area contributed by atoms with Crippen LogP contribution in [0.2, 0.25) is 0 Å². The largest absolute Gasteiger partial charge is 0.0864 e. The normalized spacial score (nSPS) is 51.0. The van der Waals surface area contributed by atoms with Crippen molar-refractivity contribution in [3.8, 4) is 0 Å². The first-order valence-corrected chi connectivity index (χ1v) is 11.3. The molecule has 4 aliphatic carbocycles. The van der Waals surface area contributed by atoms with Crippen LogP contribution in [0.25, 0.3) is 0 Å². The highest BCUT2D eigenvalue weighted by molar-refractivity contribution is 9.25. The van der Waals surface area contributed by atoms with Crippen molar-refractivity contribution in [1.82, 2.24) is 0 Å². The molecular formula is C16H22Br4. The molecule has 0 heterocycles. The quantitative estimate of drug-likeness (QED) is 0.349. The summed E-state index contributed by atoms with van der Waals surface area (Å²) < 4.78 is 0.504. The highest BCUT2D eigenvalue weighted by Gasteiger charge is 2.58. The van der Waals surface area contributed by atoms with Crippen molar-refractivity contribution in [1.29, 1.82) is 0 Å². The van der Waals surface area contributed by atoms with Gasteiger partial charge in [-0.15, -0.1) is 0 Å². The average molecular weight is 534 g/mol. The molecule has 4 fully saturated rings. The number of hydrogen-bond donors (Lipinski definition) is 0. The Kier molecular flexibility index (Phi) is 4.02. The van der Waals surface area contributed by atoms with Gasteiger partial charge in [-0.2, -0.15) is 0 Å². The van der Waals surface area contributed by atoms with E-state index in [0.29, 0.717) is 0 Å². The van der Waals surface area contributed by atoms with E-state index in [1.165, 1.54) is 51.4 Å². The molecule has 4 heteroatoms. The van der Waals surface area contributed by atoms with Gasteiger partial charge in [0.2, 0.25) is 0 Å². The summed E-state index contributed by atoms with van der Waals surface area (Å²) in [5.41, 5.74) is 0. The molecule has 4 saturated carbocycles. The molecule has 4 rings (SSSR count). The van der Waals surface area contributed by atoms with E-state index in [1.54, 1.807) is 0 Å². The van der Waals surface area contributed by atoms with Crippen LogP contribution in [0.15, 0.2) is 0 Å². The molecule has 20 heavy (non-hydrogen) atoms.